The van der Waals surface area contributed by atoms with E-state index in [0.29, 0.717) is 0 Å². The van der Waals surface area contributed by atoms with Gasteiger partial charge in [0.05, 0.1) is 5.56 Å². The van der Waals surface area contributed by atoms with Crippen LogP contribution in [0, 0.1) is 13.8 Å². The minimum Gasteiger partial charge on any atom is -0.361 e. The molecule has 2 heterocycles. The van der Waals surface area contributed by atoms with Gasteiger partial charge in [-0.15, -0.1) is 11.3 Å². The maximum absolute atomic E-state index is 13.6. The third-order valence-corrected chi connectivity index (χ3v) is 7.66. The summed E-state index contributed by atoms with van der Waals surface area (Å²) in [4.78, 5) is 23.1. The highest BCUT2D eigenvalue weighted by atomic mass is 32.1. The highest BCUT2D eigenvalue weighted by molar-refractivity contribution is 7.16. The van der Waals surface area contributed by atoms with Gasteiger partial charge in [0.2, 0.25) is 0 Å². The first kappa shape index (κ1) is 21.7. The molecule has 0 bridgehead atoms. The molecule has 4 aromatic rings. The van der Waals surface area contributed by atoms with E-state index in [1.165, 1.54) is 29.7 Å². The summed E-state index contributed by atoms with van der Waals surface area (Å²) in [6.45, 7) is 4.08. The van der Waals surface area contributed by atoms with Crippen molar-refractivity contribution in [1.82, 2.24) is 4.98 Å². The number of aromatic amines is 1. The molecule has 168 valence electrons. The summed E-state index contributed by atoms with van der Waals surface area (Å²) in [5.41, 5.74) is 7.16. The number of rotatable bonds is 4. The molecule has 5 rings (SSSR count). The number of aryl methyl sites for hydroxylation is 3. The lowest BCUT2D eigenvalue weighted by atomic mass is 9.96. The van der Waals surface area contributed by atoms with Crippen LogP contribution in [0.3, 0.4) is 0 Å². The molecular weight excluding hydrogens is 426 g/mol. The molecule has 5 heteroatoms. The van der Waals surface area contributed by atoms with Gasteiger partial charge in [0.25, 0.3) is 5.91 Å². The fraction of sp³-hybridized carbons (Fsp3) is 0.286. The average molecular weight is 456 g/mol. The van der Waals surface area contributed by atoms with Gasteiger partial charge in [-0.25, -0.2) is 4.99 Å². The Morgan fingerprint density at radius 1 is 1.06 bits per heavy atom. The topological polar surface area (TPSA) is 57.2 Å². The van der Waals surface area contributed by atoms with Gasteiger partial charge < -0.3 is 10.3 Å². The zero-order valence-electron chi connectivity index (χ0n) is 19.2. The molecule has 2 aromatic heterocycles. The van der Waals surface area contributed by atoms with Crippen molar-refractivity contribution in [3.05, 3.63) is 81.4 Å². The van der Waals surface area contributed by atoms with Crippen LogP contribution in [0.1, 0.15) is 63.2 Å². The molecule has 0 saturated carbocycles. The van der Waals surface area contributed by atoms with E-state index in [4.69, 9.17) is 4.99 Å². The van der Waals surface area contributed by atoms with E-state index in [1.54, 1.807) is 11.3 Å². The standard InChI is InChI=1S/C28H29N3OS/c1-18-13-14-19(2)24(15-18)31-27(32)26-22-10-5-3-4-6-12-25(22)33-28(26)30-17-20-16-29-23-11-8-7-9-21(20)23/h7-9,11,13-17,29H,3-6,10,12H2,1-2H3,(H,31,32). The maximum Gasteiger partial charge on any atom is 0.259 e. The summed E-state index contributed by atoms with van der Waals surface area (Å²) < 4.78 is 0. The number of thiophene rings is 1. The van der Waals surface area contributed by atoms with Gasteiger partial charge in [-0.1, -0.05) is 43.2 Å². The molecule has 33 heavy (non-hydrogen) atoms. The quantitative estimate of drug-likeness (QED) is 0.307. The molecule has 1 amide bonds. The number of hydrogen-bond donors (Lipinski definition) is 2. The number of carbonyl (C=O) groups is 1. The van der Waals surface area contributed by atoms with E-state index >= 15 is 0 Å². The molecule has 0 spiro atoms. The minimum absolute atomic E-state index is 0.0483. The van der Waals surface area contributed by atoms with Gasteiger partial charge in [-0.2, -0.15) is 0 Å². The summed E-state index contributed by atoms with van der Waals surface area (Å²) in [5, 5.41) is 5.14. The van der Waals surface area contributed by atoms with Gasteiger partial charge in [0.15, 0.2) is 0 Å². The average Bonchev–Trinajstić information content (AvgIpc) is 3.35. The Labute approximate surface area is 198 Å². The summed E-state index contributed by atoms with van der Waals surface area (Å²) in [5.74, 6) is -0.0483. The second-order valence-corrected chi connectivity index (χ2v) is 10.0. The van der Waals surface area contributed by atoms with Gasteiger partial charge in [-0.05, 0) is 68.4 Å². The first-order valence-corrected chi connectivity index (χ1v) is 12.5. The maximum atomic E-state index is 13.6. The van der Waals surface area contributed by atoms with Crippen molar-refractivity contribution in [2.24, 2.45) is 4.99 Å². The Bertz CT molecular complexity index is 1340. The first-order valence-electron chi connectivity index (χ1n) is 11.7. The Kier molecular flexibility index (Phi) is 6.14. The molecule has 0 unspecified atom stereocenters. The Morgan fingerprint density at radius 2 is 1.88 bits per heavy atom. The molecular formula is C28H29N3OS. The van der Waals surface area contributed by atoms with Crippen molar-refractivity contribution in [2.75, 3.05) is 5.32 Å². The van der Waals surface area contributed by atoms with Gasteiger partial charge >= 0.3 is 0 Å². The molecule has 4 nitrogen and oxygen atoms in total. The number of benzene rings is 2. The number of amides is 1. The van der Waals surface area contributed by atoms with E-state index in [1.807, 2.05) is 44.5 Å². The smallest absolute Gasteiger partial charge is 0.259 e. The molecule has 0 radical (unpaired) electrons. The summed E-state index contributed by atoms with van der Waals surface area (Å²) in [6.07, 6.45) is 10.6. The number of para-hydroxylation sites is 1. The zero-order valence-corrected chi connectivity index (χ0v) is 20.0. The van der Waals surface area contributed by atoms with E-state index in [2.05, 4.69) is 34.6 Å². The molecule has 0 aliphatic heterocycles. The molecule has 0 fully saturated rings. The highest BCUT2D eigenvalue weighted by Gasteiger charge is 2.24. The summed E-state index contributed by atoms with van der Waals surface area (Å²) in [6, 6.07) is 14.4. The van der Waals surface area contributed by atoms with Crippen LogP contribution in [0.25, 0.3) is 10.9 Å². The second kappa shape index (κ2) is 9.36. The predicted octanol–water partition coefficient (Wildman–Crippen LogP) is 7.51. The second-order valence-electron chi connectivity index (χ2n) is 8.92. The number of nitrogens with zero attached hydrogens (tertiary/aromatic N) is 1. The molecule has 0 saturated heterocycles. The zero-order chi connectivity index (χ0) is 22.8. The van der Waals surface area contributed by atoms with Crippen LogP contribution in [-0.4, -0.2) is 17.1 Å². The molecule has 0 atom stereocenters. The predicted molar refractivity (Wildman–Crippen MR) is 140 cm³/mol. The third-order valence-electron chi connectivity index (χ3n) is 6.46. The van der Waals surface area contributed by atoms with Gasteiger partial charge in [-0.3, -0.25) is 4.79 Å². The SMILES string of the molecule is Cc1ccc(C)c(NC(=O)c2c(N=Cc3c[nH]c4ccccc34)sc3c2CCCCCC3)c1. The fourth-order valence-corrected chi connectivity index (χ4v) is 5.84. The van der Waals surface area contributed by atoms with E-state index in [-0.39, 0.29) is 5.91 Å². The number of aromatic nitrogens is 1. The number of H-pyrrole nitrogens is 1. The van der Waals surface area contributed by atoms with Gasteiger partial charge in [0, 0.05) is 39.4 Å². The van der Waals surface area contributed by atoms with Crippen LogP contribution < -0.4 is 5.32 Å². The monoisotopic (exact) mass is 455 g/mol. The van der Waals surface area contributed by atoms with Crippen molar-refractivity contribution in [1.29, 1.82) is 0 Å². The number of nitrogens with one attached hydrogen (secondary N) is 2. The Hall–Kier alpha value is -3.18. The van der Waals surface area contributed by atoms with Crippen LogP contribution in [-0.2, 0) is 12.8 Å². The van der Waals surface area contributed by atoms with Crippen LogP contribution in [0.5, 0.6) is 0 Å². The van der Waals surface area contributed by atoms with Crippen LogP contribution in [0.4, 0.5) is 10.7 Å². The molecule has 1 aliphatic rings. The Morgan fingerprint density at radius 3 is 2.76 bits per heavy atom. The highest BCUT2D eigenvalue weighted by Crippen LogP contribution is 2.39. The Balaban J connectivity index is 1.55. The van der Waals surface area contributed by atoms with E-state index < -0.39 is 0 Å². The summed E-state index contributed by atoms with van der Waals surface area (Å²) >= 11 is 1.69. The van der Waals surface area contributed by atoms with E-state index in [0.717, 1.165) is 63.1 Å². The summed E-state index contributed by atoms with van der Waals surface area (Å²) in [7, 11) is 0. The van der Waals surface area contributed by atoms with Crippen LogP contribution >= 0.6 is 11.3 Å². The lowest BCUT2D eigenvalue weighted by Gasteiger charge is -2.13. The normalized spacial score (nSPS) is 14.2. The third kappa shape index (κ3) is 4.51. The van der Waals surface area contributed by atoms with Crippen LogP contribution in [0.15, 0.2) is 53.7 Å². The fourth-order valence-electron chi connectivity index (χ4n) is 4.61. The number of anilines is 1. The van der Waals surface area contributed by atoms with Crippen molar-refractivity contribution < 1.29 is 4.79 Å². The lowest BCUT2D eigenvalue weighted by Crippen LogP contribution is -2.15. The number of fused-ring (bicyclic) bond motifs is 2. The van der Waals surface area contributed by atoms with Crippen molar-refractivity contribution in [3.63, 3.8) is 0 Å². The van der Waals surface area contributed by atoms with Gasteiger partial charge in [0.1, 0.15) is 5.00 Å². The first-order chi connectivity index (χ1) is 16.1. The molecule has 2 aromatic carbocycles. The number of aliphatic imine (C=N–C) groups is 1. The number of carbonyl (C=O) groups excluding carboxylic acids is 1. The largest absolute Gasteiger partial charge is 0.361 e. The minimum atomic E-state index is -0.0483. The lowest BCUT2D eigenvalue weighted by molar-refractivity contribution is 0.102. The van der Waals surface area contributed by atoms with Crippen LogP contribution in [0.2, 0.25) is 0 Å². The van der Waals surface area contributed by atoms with E-state index in [9.17, 15) is 4.79 Å². The van der Waals surface area contributed by atoms with Crippen molar-refractivity contribution >= 4 is 45.0 Å². The van der Waals surface area contributed by atoms with Crippen molar-refractivity contribution in [2.45, 2.75) is 52.4 Å². The number of hydrogen-bond acceptors (Lipinski definition) is 3. The molecule has 2 N–H and O–H groups in total. The molecule has 1 aliphatic carbocycles. The van der Waals surface area contributed by atoms with Crippen molar-refractivity contribution in [3.8, 4) is 0 Å².